The van der Waals surface area contributed by atoms with Crippen molar-refractivity contribution in [2.24, 2.45) is 0 Å². The van der Waals surface area contributed by atoms with Crippen LogP contribution in [-0.4, -0.2) is 29.3 Å². The normalized spacial score (nSPS) is 10.4. The van der Waals surface area contributed by atoms with Crippen molar-refractivity contribution in [3.05, 3.63) is 47.3 Å². The highest BCUT2D eigenvalue weighted by Crippen LogP contribution is 2.08. The molecule has 0 saturated heterocycles. The zero-order valence-corrected chi connectivity index (χ0v) is 12.8. The van der Waals surface area contributed by atoms with Crippen LogP contribution in [0.3, 0.4) is 0 Å². The van der Waals surface area contributed by atoms with Crippen LogP contribution in [0, 0.1) is 13.8 Å². The van der Waals surface area contributed by atoms with Gasteiger partial charge in [0.1, 0.15) is 0 Å². The van der Waals surface area contributed by atoms with E-state index in [-0.39, 0.29) is 5.91 Å². The number of carbonyl (C=O) groups excluding carboxylic acids is 1. The number of hydrogen-bond acceptors (Lipinski definition) is 3. The first kappa shape index (κ1) is 15.1. The summed E-state index contributed by atoms with van der Waals surface area (Å²) in [5, 5.41) is 10.4. The monoisotopic (exact) mass is 286 g/mol. The van der Waals surface area contributed by atoms with Crippen LogP contribution in [0.1, 0.15) is 28.2 Å². The lowest BCUT2D eigenvalue weighted by Crippen LogP contribution is -2.25. The Morgan fingerprint density at radius 1 is 1.24 bits per heavy atom. The largest absolute Gasteiger partial charge is 0.388 e. The maximum absolute atomic E-state index is 12.0. The van der Waals surface area contributed by atoms with Crippen LogP contribution in [0.2, 0.25) is 0 Å². The van der Waals surface area contributed by atoms with Crippen molar-refractivity contribution in [2.45, 2.75) is 26.8 Å². The number of benzene rings is 1. The van der Waals surface area contributed by atoms with Gasteiger partial charge in [0.2, 0.25) is 0 Å². The third kappa shape index (κ3) is 4.08. The molecule has 2 aromatic rings. The molecule has 0 radical (unpaired) electrons. The van der Waals surface area contributed by atoms with Gasteiger partial charge in [0.25, 0.3) is 5.91 Å². The molecule has 5 heteroatoms. The summed E-state index contributed by atoms with van der Waals surface area (Å²) < 4.78 is 1.98. The van der Waals surface area contributed by atoms with Crippen molar-refractivity contribution in [3.63, 3.8) is 0 Å². The molecule has 112 valence electrons. The highest BCUT2D eigenvalue weighted by molar-refractivity contribution is 5.94. The van der Waals surface area contributed by atoms with E-state index in [1.54, 1.807) is 0 Å². The first-order valence-corrected chi connectivity index (χ1v) is 7.17. The van der Waals surface area contributed by atoms with Gasteiger partial charge in [-0.3, -0.25) is 9.48 Å². The Morgan fingerprint density at radius 2 is 1.95 bits per heavy atom. The summed E-state index contributed by atoms with van der Waals surface area (Å²) in [5.41, 5.74) is 3.86. The number of rotatable bonds is 6. The van der Waals surface area contributed by atoms with Gasteiger partial charge >= 0.3 is 0 Å². The van der Waals surface area contributed by atoms with Crippen molar-refractivity contribution in [1.82, 2.24) is 15.1 Å². The highest BCUT2D eigenvalue weighted by Gasteiger charge is 2.05. The minimum atomic E-state index is -0.0361. The molecule has 0 saturated carbocycles. The molecule has 1 aromatic carbocycles. The Balaban J connectivity index is 1.77. The smallest absolute Gasteiger partial charge is 0.251 e. The SMILES string of the molecule is CNc1ccc(C(=O)NCCCn2nc(C)cc2C)cc1. The van der Waals surface area contributed by atoms with Gasteiger partial charge in [-0.1, -0.05) is 0 Å². The Hall–Kier alpha value is -2.30. The van der Waals surface area contributed by atoms with Crippen molar-refractivity contribution in [1.29, 1.82) is 0 Å². The molecule has 21 heavy (non-hydrogen) atoms. The maximum Gasteiger partial charge on any atom is 0.251 e. The van der Waals surface area contributed by atoms with Gasteiger partial charge in [-0.25, -0.2) is 0 Å². The van der Waals surface area contributed by atoms with Crippen LogP contribution >= 0.6 is 0 Å². The van der Waals surface area contributed by atoms with E-state index < -0.39 is 0 Å². The van der Waals surface area contributed by atoms with Crippen molar-refractivity contribution >= 4 is 11.6 Å². The van der Waals surface area contributed by atoms with E-state index >= 15 is 0 Å². The molecule has 2 rings (SSSR count). The summed E-state index contributed by atoms with van der Waals surface area (Å²) in [6, 6.07) is 9.49. The van der Waals surface area contributed by atoms with Gasteiger partial charge in [0, 0.05) is 37.1 Å². The van der Waals surface area contributed by atoms with Crippen molar-refractivity contribution in [3.8, 4) is 0 Å². The maximum atomic E-state index is 12.0. The average molecular weight is 286 g/mol. The van der Waals surface area contributed by atoms with E-state index in [2.05, 4.69) is 21.8 Å². The van der Waals surface area contributed by atoms with Crippen molar-refractivity contribution in [2.75, 3.05) is 18.9 Å². The molecule has 0 aliphatic carbocycles. The molecular formula is C16H22N4O. The van der Waals surface area contributed by atoms with E-state index in [0.717, 1.165) is 30.0 Å². The van der Waals surface area contributed by atoms with Crippen LogP contribution in [-0.2, 0) is 6.54 Å². The van der Waals surface area contributed by atoms with Crippen LogP contribution < -0.4 is 10.6 Å². The second-order valence-corrected chi connectivity index (χ2v) is 5.09. The average Bonchev–Trinajstić information content (AvgIpc) is 2.81. The molecule has 0 fully saturated rings. The molecule has 0 unspecified atom stereocenters. The fourth-order valence-electron chi connectivity index (χ4n) is 2.22. The Kier molecular flexibility index (Phi) is 4.98. The molecule has 1 amide bonds. The topological polar surface area (TPSA) is 59.0 Å². The first-order chi connectivity index (χ1) is 10.1. The molecule has 0 bridgehead atoms. The second kappa shape index (κ2) is 6.92. The predicted molar refractivity (Wildman–Crippen MR) is 84.6 cm³/mol. The molecule has 1 aromatic heterocycles. The first-order valence-electron chi connectivity index (χ1n) is 7.17. The summed E-state index contributed by atoms with van der Waals surface area (Å²) in [6.07, 6.45) is 0.863. The lowest BCUT2D eigenvalue weighted by Gasteiger charge is -2.07. The number of amides is 1. The molecule has 1 heterocycles. The zero-order chi connectivity index (χ0) is 15.2. The van der Waals surface area contributed by atoms with Gasteiger partial charge < -0.3 is 10.6 Å². The minimum Gasteiger partial charge on any atom is -0.388 e. The zero-order valence-electron chi connectivity index (χ0n) is 12.8. The molecule has 2 N–H and O–H groups in total. The Morgan fingerprint density at radius 3 is 2.52 bits per heavy atom. The standard InChI is InChI=1S/C16H22N4O/c1-12-11-13(2)20(19-12)10-4-9-18-16(21)14-5-7-15(17-3)8-6-14/h5-8,11,17H,4,9-10H2,1-3H3,(H,18,21). The molecular weight excluding hydrogens is 264 g/mol. The molecule has 0 atom stereocenters. The number of carbonyl (C=O) groups is 1. The van der Waals surface area contributed by atoms with Crippen LogP contribution in [0.25, 0.3) is 0 Å². The van der Waals surface area contributed by atoms with Gasteiger partial charge in [0.15, 0.2) is 0 Å². The van der Waals surface area contributed by atoms with Gasteiger partial charge in [0.05, 0.1) is 5.69 Å². The Bertz CT molecular complexity index is 601. The number of aryl methyl sites for hydroxylation is 3. The molecule has 0 aliphatic heterocycles. The van der Waals surface area contributed by atoms with Crippen LogP contribution in [0.4, 0.5) is 5.69 Å². The number of aromatic nitrogens is 2. The second-order valence-electron chi connectivity index (χ2n) is 5.09. The Labute approximate surface area is 125 Å². The van der Waals surface area contributed by atoms with Gasteiger partial charge in [-0.15, -0.1) is 0 Å². The summed E-state index contributed by atoms with van der Waals surface area (Å²) >= 11 is 0. The molecule has 0 aliphatic rings. The van der Waals surface area contributed by atoms with Crippen LogP contribution in [0.15, 0.2) is 30.3 Å². The van der Waals surface area contributed by atoms with E-state index in [1.807, 2.05) is 49.8 Å². The third-order valence-corrected chi connectivity index (χ3v) is 3.37. The van der Waals surface area contributed by atoms with Gasteiger partial charge in [-0.05, 0) is 50.6 Å². The van der Waals surface area contributed by atoms with E-state index in [9.17, 15) is 4.79 Å². The van der Waals surface area contributed by atoms with Gasteiger partial charge in [-0.2, -0.15) is 5.10 Å². The lowest BCUT2D eigenvalue weighted by molar-refractivity contribution is 0.0952. The quantitative estimate of drug-likeness (QED) is 0.801. The number of nitrogens with one attached hydrogen (secondary N) is 2. The van der Waals surface area contributed by atoms with E-state index in [0.29, 0.717) is 12.1 Å². The molecule has 5 nitrogen and oxygen atoms in total. The van der Waals surface area contributed by atoms with Crippen molar-refractivity contribution < 1.29 is 4.79 Å². The number of hydrogen-bond donors (Lipinski definition) is 2. The van der Waals surface area contributed by atoms with Crippen LogP contribution in [0.5, 0.6) is 0 Å². The number of nitrogens with zero attached hydrogens (tertiary/aromatic N) is 2. The minimum absolute atomic E-state index is 0.0361. The third-order valence-electron chi connectivity index (χ3n) is 3.37. The fraction of sp³-hybridized carbons (Fsp3) is 0.375. The lowest BCUT2D eigenvalue weighted by atomic mass is 10.2. The summed E-state index contributed by atoms with van der Waals surface area (Å²) in [5.74, 6) is -0.0361. The fourth-order valence-corrected chi connectivity index (χ4v) is 2.22. The highest BCUT2D eigenvalue weighted by atomic mass is 16.1. The van der Waals surface area contributed by atoms with E-state index in [4.69, 9.17) is 0 Å². The summed E-state index contributed by atoms with van der Waals surface area (Å²) in [6.45, 7) is 5.49. The number of anilines is 1. The predicted octanol–water partition coefficient (Wildman–Crippen LogP) is 2.36. The van der Waals surface area contributed by atoms with E-state index in [1.165, 1.54) is 0 Å². The summed E-state index contributed by atoms with van der Waals surface area (Å²) in [7, 11) is 1.86. The molecule has 0 spiro atoms. The summed E-state index contributed by atoms with van der Waals surface area (Å²) in [4.78, 5) is 12.0.